The van der Waals surface area contributed by atoms with E-state index in [4.69, 9.17) is 21.3 Å². The van der Waals surface area contributed by atoms with Crippen LogP contribution in [0.5, 0.6) is 0 Å². The number of halogens is 1. The summed E-state index contributed by atoms with van der Waals surface area (Å²) in [6.07, 6.45) is 0. The second-order valence-corrected chi connectivity index (χ2v) is 4.58. The number of aromatic nitrogens is 1. The number of rotatable bonds is 3. The molecule has 0 aliphatic heterocycles. The molecule has 0 bridgehead atoms. The minimum absolute atomic E-state index is 0.116. The van der Waals surface area contributed by atoms with Crippen LogP contribution < -0.4 is 15.8 Å². The van der Waals surface area contributed by atoms with Gasteiger partial charge in [-0.1, -0.05) is 11.6 Å². The van der Waals surface area contributed by atoms with Crippen LogP contribution in [0.4, 0.5) is 17.5 Å². The first-order valence-corrected chi connectivity index (χ1v) is 6.04. The summed E-state index contributed by atoms with van der Waals surface area (Å²) in [5.41, 5.74) is -0.248. The molecule has 0 atom stereocenters. The Balaban J connectivity index is 2.47. The number of benzene rings is 1. The van der Waals surface area contributed by atoms with Crippen LogP contribution in [0.1, 0.15) is 5.56 Å². The van der Waals surface area contributed by atoms with Crippen LogP contribution in [0.3, 0.4) is 0 Å². The van der Waals surface area contributed by atoms with Crippen molar-refractivity contribution < 1.29 is 4.42 Å². The third-order valence-corrected chi connectivity index (χ3v) is 2.69. The molecule has 0 saturated carbocycles. The molecule has 0 spiro atoms. The number of nitrogens with zero attached hydrogens (tertiary/aromatic N) is 3. The lowest BCUT2D eigenvalue weighted by Crippen LogP contribution is -2.17. The molecule has 2 rings (SSSR count). The summed E-state index contributed by atoms with van der Waals surface area (Å²) in [5, 5.41) is 12.5. The van der Waals surface area contributed by atoms with Gasteiger partial charge in [0, 0.05) is 24.8 Å². The zero-order valence-electron chi connectivity index (χ0n) is 10.8. The van der Waals surface area contributed by atoms with Crippen molar-refractivity contribution >= 4 is 29.1 Å². The van der Waals surface area contributed by atoms with Crippen molar-refractivity contribution in [2.45, 2.75) is 0 Å². The van der Waals surface area contributed by atoms with Gasteiger partial charge in [0.05, 0.1) is 0 Å². The third kappa shape index (κ3) is 2.90. The Labute approximate surface area is 120 Å². The highest BCUT2D eigenvalue weighted by Crippen LogP contribution is 2.20. The molecule has 0 aliphatic carbocycles. The molecule has 1 N–H and O–H groups in total. The van der Waals surface area contributed by atoms with Gasteiger partial charge in [-0.2, -0.15) is 10.2 Å². The molecule has 0 aliphatic rings. The average molecular weight is 291 g/mol. The van der Waals surface area contributed by atoms with E-state index in [-0.39, 0.29) is 17.4 Å². The van der Waals surface area contributed by atoms with E-state index >= 15 is 0 Å². The standard InChI is InChI=1S/C13H11ClN4O2/c1-18(2)13-17-11(10(7-15)12(19)20-13)16-9-5-3-8(14)4-6-9/h3-6,16H,1-2H3. The molecule has 1 aromatic heterocycles. The molecular formula is C13H11ClN4O2. The van der Waals surface area contributed by atoms with Gasteiger partial charge in [0.15, 0.2) is 11.4 Å². The first-order chi connectivity index (χ1) is 9.51. The van der Waals surface area contributed by atoms with Gasteiger partial charge < -0.3 is 14.6 Å². The van der Waals surface area contributed by atoms with E-state index in [0.29, 0.717) is 10.7 Å². The van der Waals surface area contributed by atoms with Crippen molar-refractivity contribution in [2.24, 2.45) is 0 Å². The third-order valence-electron chi connectivity index (χ3n) is 2.43. The predicted octanol–water partition coefficient (Wildman–Crippen LogP) is 2.37. The van der Waals surface area contributed by atoms with Crippen LogP contribution in [0, 0.1) is 11.3 Å². The second kappa shape index (κ2) is 5.63. The first kappa shape index (κ1) is 13.9. The van der Waals surface area contributed by atoms with Gasteiger partial charge in [-0.05, 0) is 24.3 Å². The van der Waals surface area contributed by atoms with Gasteiger partial charge in [0.1, 0.15) is 6.07 Å². The SMILES string of the molecule is CN(C)c1nc(Nc2ccc(Cl)cc2)c(C#N)c(=O)o1. The highest BCUT2D eigenvalue weighted by atomic mass is 35.5. The molecule has 1 aromatic carbocycles. The van der Waals surface area contributed by atoms with Crippen molar-refractivity contribution in [1.29, 1.82) is 5.26 Å². The molecule has 6 nitrogen and oxygen atoms in total. The molecule has 1 heterocycles. The number of hydrogen-bond donors (Lipinski definition) is 1. The topological polar surface area (TPSA) is 82.2 Å². The largest absolute Gasteiger partial charge is 0.388 e. The second-order valence-electron chi connectivity index (χ2n) is 4.15. The van der Waals surface area contributed by atoms with Gasteiger partial charge in [-0.3, -0.25) is 0 Å². The maximum absolute atomic E-state index is 11.7. The van der Waals surface area contributed by atoms with Crippen LogP contribution in [0.2, 0.25) is 5.02 Å². The van der Waals surface area contributed by atoms with Crippen molar-refractivity contribution in [3.8, 4) is 6.07 Å². The lowest BCUT2D eigenvalue weighted by atomic mass is 10.3. The van der Waals surface area contributed by atoms with E-state index in [2.05, 4.69) is 10.3 Å². The van der Waals surface area contributed by atoms with Gasteiger partial charge in [0.2, 0.25) is 0 Å². The molecule has 0 radical (unpaired) electrons. The highest BCUT2D eigenvalue weighted by molar-refractivity contribution is 6.30. The number of hydrogen-bond acceptors (Lipinski definition) is 6. The van der Waals surface area contributed by atoms with E-state index in [9.17, 15) is 4.79 Å². The summed E-state index contributed by atoms with van der Waals surface area (Å²) < 4.78 is 4.93. The van der Waals surface area contributed by atoms with Crippen LogP contribution in [0.25, 0.3) is 0 Å². The number of anilines is 3. The Bertz CT molecular complexity index is 717. The summed E-state index contributed by atoms with van der Waals surface area (Å²) in [6.45, 7) is 0. The van der Waals surface area contributed by atoms with Crippen molar-refractivity contribution in [3.63, 3.8) is 0 Å². The van der Waals surface area contributed by atoms with Gasteiger partial charge in [-0.15, -0.1) is 0 Å². The van der Waals surface area contributed by atoms with E-state index in [1.807, 2.05) is 0 Å². The summed E-state index contributed by atoms with van der Waals surface area (Å²) in [7, 11) is 3.37. The Morgan fingerprint density at radius 1 is 1.35 bits per heavy atom. The molecule has 102 valence electrons. The highest BCUT2D eigenvalue weighted by Gasteiger charge is 2.14. The molecule has 0 saturated heterocycles. The minimum Gasteiger partial charge on any atom is -0.388 e. The normalized spacial score (nSPS) is 9.90. The van der Waals surface area contributed by atoms with E-state index in [1.54, 1.807) is 44.4 Å². The molecule has 0 amide bonds. The van der Waals surface area contributed by atoms with E-state index < -0.39 is 5.63 Å². The van der Waals surface area contributed by atoms with E-state index in [1.165, 1.54) is 4.90 Å². The Kier molecular flexibility index (Phi) is 3.91. The minimum atomic E-state index is -0.734. The predicted molar refractivity (Wildman–Crippen MR) is 76.5 cm³/mol. The van der Waals surface area contributed by atoms with Crippen LogP contribution >= 0.6 is 11.6 Å². The number of nitrogens with one attached hydrogen (secondary N) is 1. The molecule has 0 unspecified atom stereocenters. The fraction of sp³-hybridized carbons (Fsp3) is 0.154. The van der Waals surface area contributed by atoms with Crippen LogP contribution in [0.15, 0.2) is 33.5 Å². The monoisotopic (exact) mass is 290 g/mol. The van der Waals surface area contributed by atoms with Crippen molar-refractivity contribution in [3.05, 3.63) is 45.3 Å². The van der Waals surface area contributed by atoms with Crippen LogP contribution in [-0.4, -0.2) is 19.1 Å². The van der Waals surface area contributed by atoms with Gasteiger partial charge in [-0.25, -0.2) is 4.79 Å². The maximum atomic E-state index is 11.7. The number of nitriles is 1. The van der Waals surface area contributed by atoms with Gasteiger partial charge >= 0.3 is 11.6 Å². The zero-order chi connectivity index (χ0) is 14.7. The van der Waals surface area contributed by atoms with Gasteiger partial charge in [0.25, 0.3) is 0 Å². The van der Waals surface area contributed by atoms with Crippen LogP contribution in [-0.2, 0) is 0 Å². The summed E-state index contributed by atoms with van der Waals surface area (Å²) in [5.74, 6) is 0.148. The molecule has 2 aromatic rings. The molecular weight excluding hydrogens is 280 g/mol. The lowest BCUT2D eigenvalue weighted by Gasteiger charge is -2.12. The average Bonchev–Trinajstić information content (AvgIpc) is 2.41. The summed E-state index contributed by atoms with van der Waals surface area (Å²) in [6, 6.07) is 8.71. The zero-order valence-corrected chi connectivity index (χ0v) is 11.6. The van der Waals surface area contributed by atoms with E-state index in [0.717, 1.165) is 0 Å². The van der Waals surface area contributed by atoms with Crippen molar-refractivity contribution in [2.75, 3.05) is 24.3 Å². The summed E-state index contributed by atoms with van der Waals surface area (Å²) >= 11 is 5.80. The molecule has 20 heavy (non-hydrogen) atoms. The fourth-order valence-electron chi connectivity index (χ4n) is 1.46. The fourth-order valence-corrected chi connectivity index (χ4v) is 1.58. The summed E-state index contributed by atoms with van der Waals surface area (Å²) in [4.78, 5) is 17.4. The van der Waals surface area contributed by atoms with Crippen molar-refractivity contribution in [1.82, 2.24) is 4.98 Å². The Hall–Kier alpha value is -2.52. The Morgan fingerprint density at radius 3 is 2.55 bits per heavy atom. The quantitative estimate of drug-likeness (QED) is 0.934. The molecule has 7 heteroatoms. The Morgan fingerprint density at radius 2 is 2.00 bits per heavy atom. The smallest absolute Gasteiger partial charge is 0.360 e. The first-order valence-electron chi connectivity index (χ1n) is 5.66. The lowest BCUT2D eigenvalue weighted by molar-refractivity contribution is 0.492. The molecule has 0 fully saturated rings. The maximum Gasteiger partial charge on any atom is 0.360 e.